The zero-order valence-corrected chi connectivity index (χ0v) is 17.2. The summed E-state index contributed by atoms with van der Waals surface area (Å²) in [6, 6.07) is 19.5. The Morgan fingerprint density at radius 2 is 1.75 bits per heavy atom. The van der Waals surface area contributed by atoms with Crippen LogP contribution in [0.25, 0.3) is 6.08 Å². The number of Topliss-reactive ketones (excluding diaryl/α,β-unsaturated/α-hetero) is 1. The van der Waals surface area contributed by atoms with Crippen molar-refractivity contribution in [3.8, 4) is 11.5 Å². The molecule has 28 heavy (non-hydrogen) atoms. The van der Waals surface area contributed by atoms with Gasteiger partial charge in [0.15, 0.2) is 5.76 Å². The van der Waals surface area contributed by atoms with Gasteiger partial charge in [-0.05, 0) is 60.9 Å². The molecule has 0 spiro atoms. The van der Waals surface area contributed by atoms with Crippen LogP contribution in [0.2, 0.25) is 0 Å². The number of ketones is 1. The number of carbonyl (C=O) groups excluding carboxylic acids is 1. The summed E-state index contributed by atoms with van der Waals surface area (Å²) in [6.45, 7) is 4.46. The molecule has 3 aromatic carbocycles. The van der Waals surface area contributed by atoms with E-state index < -0.39 is 0 Å². The van der Waals surface area contributed by atoms with E-state index in [9.17, 15) is 4.79 Å². The van der Waals surface area contributed by atoms with E-state index in [1.807, 2.05) is 49.4 Å². The number of aryl methyl sites for hydroxylation is 1. The molecule has 1 aliphatic rings. The summed E-state index contributed by atoms with van der Waals surface area (Å²) in [5, 5.41) is 0. The molecule has 0 bridgehead atoms. The largest absolute Gasteiger partial charge is 0.488 e. The molecule has 0 atom stereocenters. The Kier molecular flexibility index (Phi) is 5.05. The Labute approximate surface area is 172 Å². The van der Waals surface area contributed by atoms with Gasteiger partial charge in [0.05, 0.1) is 5.56 Å². The Balaban J connectivity index is 1.58. The lowest BCUT2D eigenvalue weighted by Gasteiger charge is -2.12. The standard InChI is InChI=1S/C24H19BrO3/c1-15-5-3-4-6-18(15)14-27-21-12-11-20-23(26)22(28-24(20)16(21)2)13-17-7-9-19(25)10-8-17/h3-13H,14H2,1-2H3/b22-13-. The number of ether oxygens (including phenoxy) is 2. The summed E-state index contributed by atoms with van der Waals surface area (Å²) in [5.41, 5.74) is 4.64. The normalized spacial score (nSPS) is 14.1. The molecule has 0 saturated heterocycles. The van der Waals surface area contributed by atoms with Crippen molar-refractivity contribution < 1.29 is 14.3 Å². The van der Waals surface area contributed by atoms with E-state index in [-0.39, 0.29) is 5.78 Å². The molecule has 3 aromatic rings. The van der Waals surface area contributed by atoms with Crippen LogP contribution in [0.1, 0.15) is 32.6 Å². The summed E-state index contributed by atoms with van der Waals surface area (Å²) in [5.74, 6) is 1.53. The first-order valence-electron chi connectivity index (χ1n) is 9.03. The summed E-state index contributed by atoms with van der Waals surface area (Å²) >= 11 is 3.41. The molecule has 4 heteroatoms. The average molecular weight is 435 g/mol. The number of hydrogen-bond acceptors (Lipinski definition) is 3. The second-order valence-corrected chi connectivity index (χ2v) is 7.69. The number of fused-ring (bicyclic) bond motifs is 1. The van der Waals surface area contributed by atoms with E-state index in [4.69, 9.17) is 9.47 Å². The lowest BCUT2D eigenvalue weighted by molar-refractivity contribution is 0.101. The Bertz CT molecular complexity index is 1080. The van der Waals surface area contributed by atoms with E-state index in [1.165, 1.54) is 5.56 Å². The van der Waals surface area contributed by atoms with Crippen LogP contribution in [0.4, 0.5) is 0 Å². The smallest absolute Gasteiger partial charge is 0.231 e. The first-order valence-corrected chi connectivity index (χ1v) is 9.83. The molecular weight excluding hydrogens is 416 g/mol. The lowest BCUT2D eigenvalue weighted by atomic mass is 10.1. The predicted octanol–water partition coefficient (Wildman–Crippen LogP) is 6.26. The Hall–Kier alpha value is -2.85. The van der Waals surface area contributed by atoms with E-state index in [0.29, 0.717) is 23.7 Å². The number of halogens is 1. The number of benzene rings is 3. The molecule has 0 amide bonds. The second-order valence-electron chi connectivity index (χ2n) is 6.77. The maximum Gasteiger partial charge on any atom is 0.231 e. The first kappa shape index (κ1) is 18.5. The molecule has 0 unspecified atom stereocenters. The van der Waals surface area contributed by atoms with Crippen molar-refractivity contribution in [3.05, 3.63) is 98.7 Å². The van der Waals surface area contributed by atoms with Crippen molar-refractivity contribution in [1.29, 1.82) is 0 Å². The third kappa shape index (κ3) is 3.60. The van der Waals surface area contributed by atoms with Gasteiger partial charge in [0.25, 0.3) is 0 Å². The maximum atomic E-state index is 12.7. The van der Waals surface area contributed by atoms with Crippen molar-refractivity contribution in [2.24, 2.45) is 0 Å². The third-order valence-electron chi connectivity index (χ3n) is 4.85. The van der Waals surface area contributed by atoms with Crippen LogP contribution >= 0.6 is 15.9 Å². The van der Waals surface area contributed by atoms with E-state index in [0.717, 1.165) is 26.9 Å². The summed E-state index contributed by atoms with van der Waals surface area (Å²) < 4.78 is 12.9. The fraction of sp³-hybridized carbons (Fsp3) is 0.125. The fourth-order valence-electron chi connectivity index (χ4n) is 3.16. The molecule has 0 aliphatic carbocycles. The number of carbonyl (C=O) groups is 1. The van der Waals surface area contributed by atoms with Gasteiger partial charge < -0.3 is 9.47 Å². The van der Waals surface area contributed by atoms with Crippen LogP contribution < -0.4 is 9.47 Å². The number of allylic oxidation sites excluding steroid dienone is 1. The van der Waals surface area contributed by atoms with E-state index >= 15 is 0 Å². The van der Waals surface area contributed by atoms with Crippen molar-refractivity contribution in [2.75, 3.05) is 0 Å². The molecule has 140 valence electrons. The molecule has 3 nitrogen and oxygen atoms in total. The van der Waals surface area contributed by atoms with Crippen LogP contribution in [0.15, 0.2) is 70.9 Å². The summed E-state index contributed by atoms with van der Waals surface area (Å²) in [7, 11) is 0. The van der Waals surface area contributed by atoms with E-state index in [1.54, 1.807) is 12.1 Å². The minimum atomic E-state index is -0.105. The fourth-order valence-corrected chi connectivity index (χ4v) is 3.43. The van der Waals surface area contributed by atoms with Crippen LogP contribution in [0.5, 0.6) is 11.5 Å². The van der Waals surface area contributed by atoms with Gasteiger partial charge in [-0.25, -0.2) is 0 Å². The van der Waals surface area contributed by atoms with Crippen LogP contribution in [0, 0.1) is 13.8 Å². The quantitative estimate of drug-likeness (QED) is 0.454. The van der Waals surface area contributed by atoms with Gasteiger partial charge in [0.2, 0.25) is 5.78 Å². The van der Waals surface area contributed by atoms with Crippen molar-refractivity contribution in [2.45, 2.75) is 20.5 Å². The highest BCUT2D eigenvalue weighted by molar-refractivity contribution is 9.10. The average Bonchev–Trinajstić information content (AvgIpc) is 3.01. The van der Waals surface area contributed by atoms with Crippen molar-refractivity contribution in [3.63, 3.8) is 0 Å². The summed E-state index contributed by atoms with van der Waals surface area (Å²) in [4.78, 5) is 12.7. The molecule has 0 saturated carbocycles. The topological polar surface area (TPSA) is 35.5 Å². The SMILES string of the molecule is Cc1ccccc1COc1ccc2c(c1C)O/C(=C\c1ccc(Br)cc1)C2=O. The van der Waals surface area contributed by atoms with Gasteiger partial charge in [-0.1, -0.05) is 52.3 Å². The third-order valence-corrected chi connectivity index (χ3v) is 5.38. The predicted molar refractivity (Wildman–Crippen MR) is 114 cm³/mol. The second kappa shape index (κ2) is 7.64. The number of rotatable bonds is 4. The molecular formula is C24H19BrO3. The van der Waals surface area contributed by atoms with Gasteiger partial charge in [0.1, 0.15) is 18.1 Å². The lowest BCUT2D eigenvalue weighted by Crippen LogP contribution is -2.00. The van der Waals surface area contributed by atoms with Crippen LogP contribution in [0.3, 0.4) is 0 Å². The molecule has 0 aromatic heterocycles. The number of hydrogen-bond donors (Lipinski definition) is 0. The molecule has 0 radical (unpaired) electrons. The van der Waals surface area contributed by atoms with Crippen molar-refractivity contribution >= 4 is 27.8 Å². The molecule has 1 heterocycles. The van der Waals surface area contributed by atoms with Crippen LogP contribution in [-0.2, 0) is 6.61 Å². The van der Waals surface area contributed by atoms with Gasteiger partial charge in [-0.15, -0.1) is 0 Å². The first-order chi connectivity index (χ1) is 13.5. The monoisotopic (exact) mass is 434 g/mol. The molecule has 0 N–H and O–H groups in total. The molecule has 4 rings (SSSR count). The van der Waals surface area contributed by atoms with E-state index in [2.05, 4.69) is 35.0 Å². The van der Waals surface area contributed by atoms with Gasteiger partial charge >= 0.3 is 0 Å². The maximum absolute atomic E-state index is 12.7. The zero-order chi connectivity index (χ0) is 19.7. The molecule has 1 aliphatic heterocycles. The van der Waals surface area contributed by atoms with Gasteiger partial charge in [-0.2, -0.15) is 0 Å². The van der Waals surface area contributed by atoms with Crippen molar-refractivity contribution in [1.82, 2.24) is 0 Å². The Morgan fingerprint density at radius 1 is 1.00 bits per heavy atom. The highest BCUT2D eigenvalue weighted by atomic mass is 79.9. The minimum Gasteiger partial charge on any atom is -0.488 e. The highest BCUT2D eigenvalue weighted by Gasteiger charge is 2.30. The highest BCUT2D eigenvalue weighted by Crippen LogP contribution is 2.39. The summed E-state index contributed by atoms with van der Waals surface area (Å²) in [6.07, 6.45) is 1.77. The van der Waals surface area contributed by atoms with Gasteiger partial charge in [-0.3, -0.25) is 4.79 Å². The zero-order valence-electron chi connectivity index (χ0n) is 15.7. The van der Waals surface area contributed by atoms with Crippen LogP contribution in [-0.4, -0.2) is 5.78 Å². The molecule has 0 fully saturated rings. The minimum absolute atomic E-state index is 0.105. The Morgan fingerprint density at radius 3 is 2.50 bits per heavy atom. The van der Waals surface area contributed by atoms with Gasteiger partial charge in [0, 0.05) is 10.0 Å².